The zero-order chi connectivity index (χ0) is 12.1. The molecule has 0 aliphatic carbocycles. The predicted molar refractivity (Wildman–Crippen MR) is 53.8 cm³/mol. The standard InChI is InChI=1S/C10H20F3NO/c1-5-6-14-7(2)8(3)15-9(4)10(11,12)13/h7-9,14H,5-6H2,1-4H3. The fourth-order valence-corrected chi connectivity index (χ4v) is 1.05. The van der Waals surface area contributed by atoms with Crippen molar-refractivity contribution in [1.82, 2.24) is 5.32 Å². The lowest BCUT2D eigenvalue weighted by molar-refractivity contribution is -0.227. The van der Waals surface area contributed by atoms with Crippen LogP contribution in [-0.2, 0) is 4.74 Å². The Bertz CT molecular complexity index is 173. The number of alkyl halides is 3. The van der Waals surface area contributed by atoms with Crippen molar-refractivity contribution in [2.75, 3.05) is 6.54 Å². The highest BCUT2D eigenvalue weighted by Crippen LogP contribution is 2.23. The van der Waals surface area contributed by atoms with E-state index in [4.69, 9.17) is 4.74 Å². The molecule has 0 heterocycles. The summed E-state index contributed by atoms with van der Waals surface area (Å²) >= 11 is 0. The lowest BCUT2D eigenvalue weighted by Crippen LogP contribution is -2.42. The first kappa shape index (κ1) is 14.7. The molecule has 92 valence electrons. The summed E-state index contributed by atoms with van der Waals surface area (Å²) < 4.78 is 41.4. The molecule has 2 nitrogen and oxygen atoms in total. The second-order valence-electron chi connectivity index (χ2n) is 3.77. The van der Waals surface area contributed by atoms with E-state index in [0.717, 1.165) is 19.9 Å². The van der Waals surface area contributed by atoms with Gasteiger partial charge in [-0.25, -0.2) is 0 Å². The van der Waals surface area contributed by atoms with E-state index in [2.05, 4.69) is 5.32 Å². The fourth-order valence-electron chi connectivity index (χ4n) is 1.05. The second-order valence-corrected chi connectivity index (χ2v) is 3.77. The van der Waals surface area contributed by atoms with Crippen LogP contribution >= 0.6 is 0 Å². The molecule has 1 N–H and O–H groups in total. The molecule has 0 saturated heterocycles. The Kier molecular flexibility index (Phi) is 6.20. The van der Waals surface area contributed by atoms with E-state index in [-0.39, 0.29) is 6.04 Å². The molecule has 0 aliphatic heterocycles. The molecule has 0 fully saturated rings. The average Bonchev–Trinajstić information content (AvgIpc) is 2.12. The predicted octanol–water partition coefficient (Wildman–Crippen LogP) is 2.73. The zero-order valence-corrected chi connectivity index (χ0v) is 9.69. The van der Waals surface area contributed by atoms with Crippen molar-refractivity contribution in [2.24, 2.45) is 0 Å². The van der Waals surface area contributed by atoms with Crippen molar-refractivity contribution >= 4 is 0 Å². The Morgan fingerprint density at radius 1 is 1.20 bits per heavy atom. The van der Waals surface area contributed by atoms with Gasteiger partial charge in [-0.05, 0) is 33.7 Å². The van der Waals surface area contributed by atoms with Crippen molar-refractivity contribution in [2.45, 2.75) is 58.5 Å². The maximum atomic E-state index is 12.2. The van der Waals surface area contributed by atoms with Crippen LogP contribution < -0.4 is 5.32 Å². The molecule has 0 rings (SSSR count). The smallest absolute Gasteiger partial charge is 0.365 e. The Morgan fingerprint density at radius 2 is 1.73 bits per heavy atom. The molecule has 15 heavy (non-hydrogen) atoms. The average molecular weight is 227 g/mol. The number of nitrogens with one attached hydrogen (secondary N) is 1. The first-order valence-electron chi connectivity index (χ1n) is 5.24. The second kappa shape index (κ2) is 6.33. The van der Waals surface area contributed by atoms with E-state index in [9.17, 15) is 13.2 Å². The van der Waals surface area contributed by atoms with Crippen molar-refractivity contribution in [1.29, 1.82) is 0 Å². The molecule has 3 unspecified atom stereocenters. The molecule has 0 radical (unpaired) electrons. The number of rotatable bonds is 6. The van der Waals surface area contributed by atoms with Crippen molar-refractivity contribution in [3.8, 4) is 0 Å². The Hall–Kier alpha value is -0.290. The van der Waals surface area contributed by atoms with Gasteiger partial charge in [0, 0.05) is 6.04 Å². The van der Waals surface area contributed by atoms with E-state index in [0.29, 0.717) is 0 Å². The molecule has 0 bridgehead atoms. The van der Waals surface area contributed by atoms with Crippen molar-refractivity contribution < 1.29 is 17.9 Å². The quantitative estimate of drug-likeness (QED) is 0.753. The van der Waals surface area contributed by atoms with E-state index in [1.165, 1.54) is 0 Å². The summed E-state index contributed by atoms with van der Waals surface area (Å²) in [7, 11) is 0. The topological polar surface area (TPSA) is 21.3 Å². The summed E-state index contributed by atoms with van der Waals surface area (Å²) in [5, 5.41) is 3.10. The van der Waals surface area contributed by atoms with Gasteiger partial charge in [0.05, 0.1) is 6.10 Å². The Balaban J connectivity index is 3.95. The summed E-state index contributed by atoms with van der Waals surface area (Å²) in [5.74, 6) is 0. The summed E-state index contributed by atoms with van der Waals surface area (Å²) in [6.07, 6.45) is -5.49. The number of halogens is 3. The zero-order valence-electron chi connectivity index (χ0n) is 9.69. The van der Waals surface area contributed by atoms with Crippen molar-refractivity contribution in [3.05, 3.63) is 0 Å². The summed E-state index contributed by atoms with van der Waals surface area (Å²) in [4.78, 5) is 0. The van der Waals surface area contributed by atoms with Gasteiger partial charge >= 0.3 is 6.18 Å². The van der Waals surface area contributed by atoms with Crippen LogP contribution in [0, 0.1) is 0 Å². The summed E-state index contributed by atoms with van der Waals surface area (Å²) in [5.41, 5.74) is 0. The maximum absolute atomic E-state index is 12.2. The molecule has 0 amide bonds. The van der Waals surface area contributed by atoms with Crippen LogP contribution in [0.5, 0.6) is 0 Å². The molecule has 0 aromatic rings. The molecular formula is C10H20F3NO. The Morgan fingerprint density at radius 3 is 2.13 bits per heavy atom. The van der Waals surface area contributed by atoms with Crippen LogP contribution in [0.3, 0.4) is 0 Å². The van der Waals surface area contributed by atoms with E-state index in [1.807, 2.05) is 13.8 Å². The van der Waals surface area contributed by atoms with Gasteiger partial charge in [-0.3, -0.25) is 0 Å². The van der Waals surface area contributed by atoms with E-state index < -0.39 is 18.4 Å². The largest absolute Gasteiger partial charge is 0.414 e. The molecule has 0 aromatic heterocycles. The molecule has 0 aromatic carbocycles. The Labute approximate surface area is 89.2 Å². The SMILES string of the molecule is CCCNC(C)C(C)OC(C)C(F)(F)F. The minimum absolute atomic E-state index is 0.0743. The molecule has 0 aliphatic rings. The van der Waals surface area contributed by atoms with Gasteiger partial charge in [0.25, 0.3) is 0 Å². The highest BCUT2D eigenvalue weighted by atomic mass is 19.4. The van der Waals surface area contributed by atoms with Gasteiger partial charge in [0.2, 0.25) is 0 Å². The fraction of sp³-hybridized carbons (Fsp3) is 1.00. The van der Waals surface area contributed by atoms with Gasteiger partial charge in [0.15, 0.2) is 6.10 Å². The summed E-state index contributed by atoms with van der Waals surface area (Å²) in [6, 6.07) is -0.0743. The number of hydrogen-bond donors (Lipinski definition) is 1. The normalized spacial score (nSPS) is 18.6. The van der Waals surface area contributed by atoms with Crippen molar-refractivity contribution in [3.63, 3.8) is 0 Å². The monoisotopic (exact) mass is 227 g/mol. The van der Waals surface area contributed by atoms with E-state index >= 15 is 0 Å². The first-order chi connectivity index (χ1) is 6.79. The van der Waals surface area contributed by atoms with Crippen LogP contribution in [0.1, 0.15) is 34.1 Å². The van der Waals surface area contributed by atoms with Gasteiger partial charge in [0.1, 0.15) is 0 Å². The number of hydrogen-bond acceptors (Lipinski definition) is 2. The van der Waals surface area contributed by atoms with Crippen LogP contribution in [0.4, 0.5) is 13.2 Å². The van der Waals surface area contributed by atoms with Gasteiger partial charge in [-0.2, -0.15) is 13.2 Å². The highest BCUT2D eigenvalue weighted by molar-refractivity contribution is 4.71. The minimum Gasteiger partial charge on any atom is -0.365 e. The number of ether oxygens (including phenoxy) is 1. The van der Waals surface area contributed by atoms with Crippen LogP contribution in [0.25, 0.3) is 0 Å². The molecule has 0 spiro atoms. The van der Waals surface area contributed by atoms with Gasteiger partial charge < -0.3 is 10.1 Å². The highest BCUT2D eigenvalue weighted by Gasteiger charge is 2.38. The van der Waals surface area contributed by atoms with Gasteiger partial charge in [-0.1, -0.05) is 6.92 Å². The van der Waals surface area contributed by atoms with Gasteiger partial charge in [-0.15, -0.1) is 0 Å². The molecule has 3 atom stereocenters. The van der Waals surface area contributed by atoms with Crippen LogP contribution in [0.2, 0.25) is 0 Å². The molecule has 5 heteroatoms. The third-order valence-corrected chi connectivity index (χ3v) is 2.30. The molecule has 0 saturated carbocycles. The van der Waals surface area contributed by atoms with Crippen LogP contribution in [-0.4, -0.2) is 31.0 Å². The lowest BCUT2D eigenvalue weighted by atomic mass is 10.2. The first-order valence-corrected chi connectivity index (χ1v) is 5.24. The van der Waals surface area contributed by atoms with E-state index in [1.54, 1.807) is 6.92 Å². The summed E-state index contributed by atoms with van der Waals surface area (Å²) in [6.45, 7) is 7.29. The molecular weight excluding hydrogens is 207 g/mol. The van der Waals surface area contributed by atoms with Crippen LogP contribution in [0.15, 0.2) is 0 Å². The third-order valence-electron chi connectivity index (χ3n) is 2.30. The lowest BCUT2D eigenvalue weighted by Gasteiger charge is -2.26. The maximum Gasteiger partial charge on any atom is 0.414 e. The minimum atomic E-state index is -4.28. The third kappa shape index (κ3) is 5.99.